The van der Waals surface area contributed by atoms with Crippen LogP contribution in [0.2, 0.25) is 0 Å². The molecule has 10 atom stereocenters. The molecule has 2 N–H and O–H groups in total. The first-order valence-corrected chi connectivity index (χ1v) is 27.2. The topological polar surface area (TPSA) is 268 Å². The van der Waals surface area contributed by atoms with Crippen LogP contribution in [-0.4, -0.2) is 164 Å². The van der Waals surface area contributed by atoms with Crippen molar-refractivity contribution in [1.82, 2.24) is 9.80 Å². The van der Waals surface area contributed by atoms with Crippen LogP contribution in [0.5, 0.6) is 5.75 Å². The van der Waals surface area contributed by atoms with Gasteiger partial charge in [-0.05, 0) is 53.1 Å². The molecule has 0 radical (unpaired) electrons. The van der Waals surface area contributed by atoms with Crippen molar-refractivity contribution in [3.63, 3.8) is 0 Å². The first-order valence-electron chi connectivity index (χ1n) is 27.6. The highest BCUT2D eigenvalue weighted by molar-refractivity contribution is 5.95. The molecule has 3 saturated heterocycles. The van der Waals surface area contributed by atoms with Crippen molar-refractivity contribution < 1.29 is 86.5 Å². The Morgan fingerprint density at radius 1 is 0.595 bits per heavy atom. The third kappa shape index (κ3) is 15.6. The number of nitro benzene ring substituents is 1. The molecule has 22 nitrogen and oxygen atoms in total. The van der Waals surface area contributed by atoms with Crippen molar-refractivity contribution in [2.45, 2.75) is 88.2 Å². The standard InChI is InChI=1S/C62H63N3O19/c1-40(67)63-29-31-64(32-30-63)58(70)46-27-28-48(47(33-46)65(73)74)75-39-51(68)76-38-50-54(78-36-42-19-9-3-10-20-42)56(57(83-60(72)45-25-15-6-16-26-45)61(81-50)79-37-43-21-11-4-12-22-43)84-62-55(82-59(71)44-23-13-5-14-24-44)52(69)53(49(34-66)80-62)77-35-41-17-7-2-8-18-41/h2-28,33,49-50,52-57,61-62,66,69H,29-32,34-39H2,1H3/t49?,50?,52-,53-,54-,55?,56-,57?,61+,62-/m0/s1/i66T. The predicted molar refractivity (Wildman–Crippen MR) is 296 cm³/mol. The van der Waals surface area contributed by atoms with Crippen molar-refractivity contribution >= 4 is 35.4 Å². The highest BCUT2D eigenvalue weighted by Gasteiger charge is 2.56. The molecule has 3 heterocycles. The molecule has 9 rings (SSSR count). The average molecular weight is 1160 g/mol. The average Bonchev–Trinajstić information content (AvgIpc) is 3.25. The van der Waals surface area contributed by atoms with Gasteiger partial charge in [0.15, 0.2) is 37.1 Å². The second-order valence-corrected chi connectivity index (χ2v) is 19.8. The van der Waals surface area contributed by atoms with E-state index in [1.807, 2.05) is 12.1 Å². The summed E-state index contributed by atoms with van der Waals surface area (Å²) < 4.78 is 71.4. The Bertz CT molecular complexity index is 3160. The van der Waals surface area contributed by atoms with Gasteiger partial charge >= 0.3 is 23.6 Å². The van der Waals surface area contributed by atoms with E-state index in [-0.39, 0.29) is 61.3 Å². The summed E-state index contributed by atoms with van der Waals surface area (Å²) in [6.45, 7) is 0.149. The fraction of sp³-hybridized carbons (Fsp3) is 0.339. The Morgan fingerprint density at radius 2 is 1.10 bits per heavy atom. The van der Waals surface area contributed by atoms with Gasteiger partial charge in [-0.1, -0.05) is 127 Å². The molecule has 22 heteroatoms. The van der Waals surface area contributed by atoms with Crippen LogP contribution in [-0.2, 0) is 72.0 Å². The molecular formula is C62H63N3O19. The maximum atomic E-state index is 14.4. The Morgan fingerprint density at radius 3 is 1.63 bits per heavy atom. The Balaban J connectivity index is 1.05. The molecule has 0 bridgehead atoms. The Labute approximate surface area is 484 Å². The van der Waals surface area contributed by atoms with Gasteiger partial charge in [0.1, 0.15) is 43.2 Å². The van der Waals surface area contributed by atoms with E-state index < -0.39 is 116 Å². The molecule has 0 aromatic heterocycles. The van der Waals surface area contributed by atoms with E-state index >= 15 is 0 Å². The summed E-state index contributed by atoms with van der Waals surface area (Å²) in [5.74, 6) is -3.75. The number of hydrogen-bond donors (Lipinski definition) is 2. The van der Waals surface area contributed by atoms with E-state index in [9.17, 15) is 39.2 Å². The zero-order chi connectivity index (χ0) is 59.7. The van der Waals surface area contributed by atoms with Crippen LogP contribution < -0.4 is 4.74 Å². The predicted octanol–water partition coefficient (Wildman–Crippen LogP) is 5.85. The smallest absolute Gasteiger partial charge is 0.344 e. The SMILES string of the molecule is [3H]OCC1O[C@@H](O[C@@H]2C(OC(=O)c3ccccc3)[C@H](OCc3ccccc3)OC(COC(=O)COc3ccc(C(=O)N4CCN(C(C)=O)CC4)cc3[N+](=O)[O-])[C@@H]2OCc2ccccc2)C(OC(=O)c2ccccc2)[C@@H](O)[C@H]1OCc1ccccc1. The number of benzene rings is 6. The van der Waals surface area contributed by atoms with Crippen molar-refractivity contribution in [3.05, 3.63) is 213 Å². The summed E-state index contributed by atoms with van der Waals surface area (Å²) in [5.41, 5.74) is 1.67. The second-order valence-electron chi connectivity index (χ2n) is 19.8. The largest absolute Gasteiger partial charge is 0.475 e. The number of rotatable bonds is 24. The second kappa shape index (κ2) is 29.2. The number of aliphatic hydroxyl groups is 2. The quantitative estimate of drug-likeness (QED) is 0.0311. The molecule has 2 amide bonds. The van der Waals surface area contributed by atoms with Gasteiger partial charge < -0.3 is 67.4 Å². The van der Waals surface area contributed by atoms with Gasteiger partial charge in [-0.25, -0.2) is 14.4 Å². The van der Waals surface area contributed by atoms with Gasteiger partial charge in [0.05, 0.1) is 42.5 Å². The van der Waals surface area contributed by atoms with Crippen LogP contribution in [0, 0.1) is 10.1 Å². The fourth-order valence-electron chi connectivity index (χ4n) is 9.75. The normalized spacial score (nSPS) is 23.3. The molecular weight excluding hydrogens is 1090 g/mol. The van der Waals surface area contributed by atoms with Gasteiger partial charge in [-0.2, -0.15) is 0 Å². The van der Waals surface area contributed by atoms with Crippen molar-refractivity contribution in [1.29, 1.82) is 1.43 Å². The van der Waals surface area contributed by atoms with Crippen LogP contribution >= 0.6 is 0 Å². The van der Waals surface area contributed by atoms with Crippen molar-refractivity contribution in [3.8, 4) is 5.75 Å². The van der Waals surface area contributed by atoms with Gasteiger partial charge in [-0.15, -0.1) is 0 Å². The summed E-state index contributed by atoms with van der Waals surface area (Å²) in [7, 11) is 0. The van der Waals surface area contributed by atoms with E-state index in [0.717, 1.165) is 11.6 Å². The van der Waals surface area contributed by atoms with Crippen LogP contribution in [0.15, 0.2) is 170 Å². The molecule has 3 fully saturated rings. The van der Waals surface area contributed by atoms with E-state index in [2.05, 4.69) is 0 Å². The minimum Gasteiger partial charge on any atom is -0.475 e. The molecule has 0 saturated carbocycles. The number of piperazine rings is 1. The minimum absolute atomic E-state index is 0.00674. The number of ether oxygens (including phenoxy) is 10. The Kier molecular flexibility index (Phi) is 20.4. The molecule has 440 valence electrons. The first-order chi connectivity index (χ1) is 41.3. The molecule has 0 spiro atoms. The van der Waals surface area contributed by atoms with Gasteiger partial charge in [0.2, 0.25) is 7.34 Å². The minimum atomic E-state index is -1.80. The Hall–Kier alpha value is -8.45. The van der Waals surface area contributed by atoms with E-state index in [1.54, 1.807) is 120 Å². The monoisotopic (exact) mass is 1160 g/mol. The summed E-state index contributed by atoms with van der Waals surface area (Å²) in [5, 5.41) is 29.7. The number of nitro groups is 1. The zero-order valence-electron chi connectivity index (χ0n) is 46.6. The molecule has 0 aliphatic carbocycles. The highest BCUT2D eigenvalue weighted by atomic mass is 16.8. The highest BCUT2D eigenvalue weighted by Crippen LogP contribution is 2.37. The number of aliphatic hydroxyl groups excluding tert-OH is 2. The van der Waals surface area contributed by atoms with Crippen molar-refractivity contribution in [2.75, 3.05) is 46.0 Å². The third-order valence-corrected chi connectivity index (χ3v) is 14.2. The lowest BCUT2D eigenvalue weighted by molar-refractivity contribution is -0.385. The van der Waals surface area contributed by atoms with Crippen molar-refractivity contribution in [2.24, 2.45) is 0 Å². The van der Waals surface area contributed by atoms with Crippen LogP contribution in [0.4, 0.5) is 5.69 Å². The number of nitrogens with zero attached hydrogens (tertiary/aromatic N) is 3. The molecule has 3 aliphatic heterocycles. The van der Waals surface area contributed by atoms with Gasteiger partial charge in [0.25, 0.3) is 5.91 Å². The number of hydrogen-bond acceptors (Lipinski definition) is 19. The summed E-state index contributed by atoms with van der Waals surface area (Å²) in [6, 6.07) is 46.5. The summed E-state index contributed by atoms with van der Waals surface area (Å²) >= 11 is 0. The van der Waals surface area contributed by atoms with Crippen LogP contribution in [0.3, 0.4) is 0 Å². The lowest BCUT2D eigenvalue weighted by Crippen LogP contribution is -2.66. The van der Waals surface area contributed by atoms with E-state index in [1.165, 1.54) is 48.2 Å². The van der Waals surface area contributed by atoms with Crippen LogP contribution in [0.25, 0.3) is 0 Å². The number of esters is 3. The van der Waals surface area contributed by atoms with E-state index in [4.69, 9.17) is 53.9 Å². The van der Waals surface area contributed by atoms with E-state index in [0.29, 0.717) is 24.2 Å². The molecule has 84 heavy (non-hydrogen) atoms. The number of amides is 2. The molecule has 6 aromatic carbocycles. The van der Waals surface area contributed by atoms with Gasteiger partial charge in [0, 0.05) is 44.7 Å². The first kappa shape index (κ1) is 58.7. The molecule has 4 unspecified atom stereocenters. The molecule has 6 aromatic rings. The maximum Gasteiger partial charge on any atom is 0.344 e. The van der Waals surface area contributed by atoms with Crippen LogP contribution in [0.1, 0.15) is 54.7 Å². The molecule has 3 aliphatic rings. The zero-order valence-corrected chi connectivity index (χ0v) is 45.6. The summed E-state index contributed by atoms with van der Waals surface area (Å²) in [6.07, 6.45) is -15.5. The maximum absolute atomic E-state index is 14.4. The lowest BCUT2D eigenvalue weighted by Gasteiger charge is -2.49. The summed E-state index contributed by atoms with van der Waals surface area (Å²) in [4.78, 5) is 82.3. The number of carbonyl (C=O) groups excluding carboxylic acids is 5. The van der Waals surface area contributed by atoms with Gasteiger partial charge in [-0.3, -0.25) is 19.7 Å². The third-order valence-electron chi connectivity index (χ3n) is 14.2. The lowest BCUT2D eigenvalue weighted by atomic mass is 9.96. The fourth-order valence-corrected chi connectivity index (χ4v) is 9.75. The number of carbonyl (C=O) groups is 5.